The third kappa shape index (κ3) is 3.72. The highest BCUT2D eigenvalue weighted by molar-refractivity contribution is 5.76. The van der Waals surface area contributed by atoms with Crippen LogP contribution in [0.2, 0.25) is 0 Å². The lowest BCUT2D eigenvalue weighted by Gasteiger charge is -2.10. The molecule has 0 aliphatic heterocycles. The lowest BCUT2D eigenvalue weighted by molar-refractivity contribution is 0.144. The molecule has 148 valence electrons. The average Bonchev–Trinajstić information content (AvgIpc) is 3.13. The largest absolute Gasteiger partial charge is 0.386 e. The Morgan fingerprint density at radius 3 is 2.79 bits per heavy atom. The molecule has 4 aromatic rings. The molecule has 1 atom stereocenters. The quantitative estimate of drug-likeness (QED) is 0.536. The molecule has 29 heavy (non-hydrogen) atoms. The van der Waals surface area contributed by atoms with Crippen LogP contribution >= 0.6 is 0 Å². The fourth-order valence-corrected chi connectivity index (χ4v) is 2.89. The molecule has 0 saturated heterocycles. The van der Waals surface area contributed by atoms with Crippen LogP contribution in [0.15, 0.2) is 41.6 Å². The molecule has 0 aliphatic rings. The number of aromatic nitrogens is 7. The van der Waals surface area contributed by atoms with Gasteiger partial charge in [0, 0.05) is 6.20 Å². The molecular weight excluding hydrogens is 384 g/mol. The van der Waals surface area contributed by atoms with Crippen molar-refractivity contribution in [3.8, 4) is 0 Å². The highest BCUT2D eigenvalue weighted by Crippen LogP contribution is 2.17. The second kappa shape index (κ2) is 7.43. The molecule has 0 saturated carbocycles. The third-order valence-corrected chi connectivity index (χ3v) is 4.40. The van der Waals surface area contributed by atoms with E-state index in [-0.39, 0.29) is 30.0 Å². The van der Waals surface area contributed by atoms with Crippen molar-refractivity contribution in [2.75, 3.05) is 0 Å². The Hall–Kier alpha value is -3.60. The molecule has 4 rings (SSSR count). The summed E-state index contributed by atoms with van der Waals surface area (Å²) in [6.07, 6.45) is 1.78. The first kappa shape index (κ1) is 18.7. The summed E-state index contributed by atoms with van der Waals surface area (Å²) in [5.41, 5.74) is 1.02. The summed E-state index contributed by atoms with van der Waals surface area (Å²) in [5, 5.41) is 22.4. The van der Waals surface area contributed by atoms with E-state index in [0.717, 1.165) is 22.5 Å². The first-order chi connectivity index (χ1) is 13.9. The summed E-state index contributed by atoms with van der Waals surface area (Å²) in [4.78, 5) is 22.0. The molecule has 0 amide bonds. The molecular formula is C18H15F2N7O2. The highest BCUT2D eigenvalue weighted by atomic mass is 19.2. The van der Waals surface area contributed by atoms with E-state index in [1.807, 2.05) is 0 Å². The van der Waals surface area contributed by atoms with Crippen LogP contribution in [-0.2, 0) is 13.1 Å². The van der Waals surface area contributed by atoms with Gasteiger partial charge in [0.05, 0.1) is 18.5 Å². The zero-order chi connectivity index (χ0) is 20.5. The molecule has 3 heterocycles. The van der Waals surface area contributed by atoms with Crippen molar-refractivity contribution in [1.29, 1.82) is 0 Å². The number of aryl methyl sites for hydroxylation is 1. The Morgan fingerprint density at radius 1 is 1.17 bits per heavy atom. The number of halogens is 2. The number of fused-ring (bicyclic) bond motifs is 1. The zero-order valence-electron chi connectivity index (χ0n) is 15.2. The van der Waals surface area contributed by atoms with Crippen LogP contribution in [-0.4, -0.2) is 39.8 Å². The van der Waals surface area contributed by atoms with Crippen molar-refractivity contribution in [2.45, 2.75) is 26.1 Å². The number of pyridine rings is 1. The van der Waals surface area contributed by atoms with E-state index in [1.165, 1.54) is 17.0 Å². The van der Waals surface area contributed by atoms with Crippen LogP contribution in [0, 0.1) is 18.6 Å². The highest BCUT2D eigenvalue weighted by Gasteiger charge is 2.15. The van der Waals surface area contributed by atoms with Crippen molar-refractivity contribution in [3.63, 3.8) is 0 Å². The smallest absolute Gasteiger partial charge is 0.263 e. The fourth-order valence-electron chi connectivity index (χ4n) is 2.89. The van der Waals surface area contributed by atoms with Crippen molar-refractivity contribution in [3.05, 3.63) is 75.7 Å². The molecule has 1 unspecified atom stereocenters. The Bertz CT molecular complexity index is 1250. The number of rotatable bonds is 5. The van der Waals surface area contributed by atoms with Gasteiger partial charge in [0.15, 0.2) is 23.1 Å². The Morgan fingerprint density at radius 2 is 2.00 bits per heavy atom. The van der Waals surface area contributed by atoms with Crippen LogP contribution in [0.5, 0.6) is 0 Å². The zero-order valence-corrected chi connectivity index (χ0v) is 15.2. The van der Waals surface area contributed by atoms with E-state index in [1.54, 1.807) is 19.2 Å². The third-order valence-electron chi connectivity index (χ3n) is 4.40. The maximum Gasteiger partial charge on any atom is 0.263 e. The number of nitrogens with zero attached hydrogens (tertiary/aromatic N) is 7. The van der Waals surface area contributed by atoms with Crippen LogP contribution in [0.3, 0.4) is 0 Å². The Kier molecular flexibility index (Phi) is 4.80. The van der Waals surface area contributed by atoms with Gasteiger partial charge >= 0.3 is 0 Å². The number of benzene rings is 1. The number of aliphatic hydroxyl groups excluding tert-OH is 1. The van der Waals surface area contributed by atoms with Gasteiger partial charge in [0.25, 0.3) is 5.56 Å². The number of hydrogen-bond acceptors (Lipinski definition) is 7. The summed E-state index contributed by atoms with van der Waals surface area (Å²) in [5.74, 6) is -1.82. The van der Waals surface area contributed by atoms with Crippen molar-refractivity contribution < 1.29 is 13.9 Å². The summed E-state index contributed by atoms with van der Waals surface area (Å²) >= 11 is 0. The maximum atomic E-state index is 13.3. The first-order valence-electron chi connectivity index (χ1n) is 8.63. The van der Waals surface area contributed by atoms with Crippen LogP contribution in [0.4, 0.5) is 8.78 Å². The normalized spacial score (nSPS) is 12.4. The summed E-state index contributed by atoms with van der Waals surface area (Å²) in [7, 11) is 0. The van der Waals surface area contributed by atoms with Gasteiger partial charge in [-0.1, -0.05) is 6.07 Å². The minimum atomic E-state index is -1.16. The standard InChI is InChI=1S/C18H15F2N7O2/c1-10-4-5-21-17-16(10)18(29)26(9-22-17)8-15-23-25-27(24-15)7-14(28)11-2-3-12(19)13(20)6-11/h2-6,9,14,28H,7-8H2,1H3. The van der Waals surface area contributed by atoms with E-state index in [2.05, 4.69) is 25.4 Å². The summed E-state index contributed by atoms with van der Waals surface area (Å²) in [6, 6.07) is 4.85. The van der Waals surface area contributed by atoms with Crippen molar-refractivity contribution in [2.24, 2.45) is 0 Å². The van der Waals surface area contributed by atoms with Gasteiger partial charge in [-0.25, -0.2) is 18.7 Å². The molecule has 0 fully saturated rings. The predicted molar refractivity (Wildman–Crippen MR) is 96.8 cm³/mol. The SMILES string of the molecule is Cc1ccnc2ncn(Cc3nnn(CC(O)c4ccc(F)c(F)c4)n3)c(=O)c12. The van der Waals surface area contributed by atoms with Crippen LogP contribution < -0.4 is 5.56 Å². The van der Waals surface area contributed by atoms with Crippen LogP contribution in [0.25, 0.3) is 11.0 Å². The summed E-state index contributed by atoms with van der Waals surface area (Å²) < 4.78 is 27.7. The van der Waals surface area contributed by atoms with Gasteiger partial charge in [-0.3, -0.25) is 9.36 Å². The molecule has 0 spiro atoms. The molecule has 0 radical (unpaired) electrons. The lowest BCUT2D eigenvalue weighted by atomic mass is 10.1. The van der Waals surface area contributed by atoms with Gasteiger partial charge < -0.3 is 5.11 Å². The molecule has 0 bridgehead atoms. The van der Waals surface area contributed by atoms with E-state index in [9.17, 15) is 18.7 Å². The minimum Gasteiger partial charge on any atom is -0.386 e. The average molecular weight is 399 g/mol. The minimum absolute atomic E-state index is 0.0252. The molecule has 9 nitrogen and oxygen atoms in total. The molecule has 1 aromatic carbocycles. The Balaban J connectivity index is 1.53. The number of hydrogen-bond donors (Lipinski definition) is 1. The van der Waals surface area contributed by atoms with Gasteiger partial charge in [-0.05, 0) is 41.5 Å². The molecule has 0 aliphatic carbocycles. The van der Waals surface area contributed by atoms with Gasteiger partial charge in [0.1, 0.15) is 12.4 Å². The second-order valence-electron chi connectivity index (χ2n) is 6.45. The van der Waals surface area contributed by atoms with Gasteiger partial charge in [-0.2, -0.15) is 4.80 Å². The fraction of sp³-hybridized carbons (Fsp3) is 0.222. The molecule has 1 N–H and O–H groups in total. The Labute approximate surface area is 162 Å². The monoisotopic (exact) mass is 399 g/mol. The second-order valence-corrected chi connectivity index (χ2v) is 6.45. The van der Waals surface area contributed by atoms with E-state index >= 15 is 0 Å². The first-order valence-corrected chi connectivity index (χ1v) is 8.63. The number of aliphatic hydroxyl groups is 1. The van der Waals surface area contributed by atoms with E-state index < -0.39 is 17.7 Å². The van der Waals surface area contributed by atoms with Crippen molar-refractivity contribution >= 4 is 11.0 Å². The van der Waals surface area contributed by atoms with E-state index in [4.69, 9.17) is 0 Å². The van der Waals surface area contributed by atoms with Gasteiger partial charge in [0.2, 0.25) is 0 Å². The number of tetrazole rings is 1. The van der Waals surface area contributed by atoms with Crippen molar-refractivity contribution in [1.82, 2.24) is 34.7 Å². The molecule has 11 heteroatoms. The summed E-state index contributed by atoms with van der Waals surface area (Å²) in [6.45, 7) is 1.70. The van der Waals surface area contributed by atoms with Crippen LogP contribution in [0.1, 0.15) is 23.1 Å². The lowest BCUT2D eigenvalue weighted by Crippen LogP contribution is -2.23. The predicted octanol–water partition coefficient (Wildman–Crippen LogP) is 1.15. The van der Waals surface area contributed by atoms with Gasteiger partial charge in [-0.15, -0.1) is 10.2 Å². The molecule has 3 aromatic heterocycles. The topological polar surface area (TPSA) is 112 Å². The van der Waals surface area contributed by atoms with E-state index in [0.29, 0.717) is 11.0 Å². The maximum absolute atomic E-state index is 13.3.